The predicted molar refractivity (Wildman–Crippen MR) is 105 cm³/mol. The van der Waals surface area contributed by atoms with E-state index in [2.05, 4.69) is 28.9 Å². The molecule has 0 aliphatic carbocycles. The predicted octanol–water partition coefficient (Wildman–Crippen LogP) is 4.51. The van der Waals surface area contributed by atoms with E-state index in [-0.39, 0.29) is 5.69 Å². The first-order valence-corrected chi connectivity index (χ1v) is 9.14. The van der Waals surface area contributed by atoms with Gasteiger partial charge in [0.2, 0.25) is 5.89 Å². The fraction of sp³-hybridized carbons (Fsp3) is 0.238. The van der Waals surface area contributed by atoms with Gasteiger partial charge < -0.3 is 9.15 Å². The highest BCUT2D eigenvalue weighted by Gasteiger charge is 2.14. The molecule has 142 valence electrons. The maximum Gasteiger partial charge on any atom is 0.356 e. The quantitative estimate of drug-likeness (QED) is 0.477. The largest absolute Gasteiger partial charge is 0.461 e. The molecule has 0 unspecified atom stereocenters. The Hall–Kier alpha value is -3.48. The van der Waals surface area contributed by atoms with Gasteiger partial charge in [-0.2, -0.15) is 5.10 Å². The zero-order valence-corrected chi connectivity index (χ0v) is 15.9. The lowest BCUT2D eigenvalue weighted by Gasteiger charge is -2.03. The summed E-state index contributed by atoms with van der Waals surface area (Å²) in [5, 5.41) is 4.39. The van der Waals surface area contributed by atoms with Crippen molar-refractivity contribution in [3.63, 3.8) is 0 Å². The van der Waals surface area contributed by atoms with E-state index in [0.29, 0.717) is 29.7 Å². The van der Waals surface area contributed by atoms with Gasteiger partial charge in [0.05, 0.1) is 12.8 Å². The van der Waals surface area contributed by atoms with Gasteiger partial charge in [0, 0.05) is 29.6 Å². The average molecular weight is 376 g/mol. The minimum atomic E-state index is -0.468. The van der Waals surface area contributed by atoms with E-state index in [1.165, 1.54) is 0 Å². The second-order valence-corrected chi connectivity index (χ2v) is 6.65. The SMILES string of the molecule is CCOC(=O)c1cc(-c2nc3cc(-c4cnn(C(C)C)c4)ccc3o2)ccn1. The van der Waals surface area contributed by atoms with E-state index in [1.54, 1.807) is 25.3 Å². The van der Waals surface area contributed by atoms with Crippen LogP contribution in [0.1, 0.15) is 37.3 Å². The number of oxazole rings is 1. The lowest BCUT2D eigenvalue weighted by atomic mass is 10.1. The van der Waals surface area contributed by atoms with E-state index in [4.69, 9.17) is 9.15 Å². The van der Waals surface area contributed by atoms with Crippen molar-refractivity contribution in [3.05, 3.63) is 54.6 Å². The minimum absolute atomic E-state index is 0.225. The Morgan fingerprint density at radius 3 is 2.79 bits per heavy atom. The molecule has 0 N–H and O–H groups in total. The van der Waals surface area contributed by atoms with Gasteiger partial charge >= 0.3 is 5.97 Å². The average Bonchev–Trinajstić information content (AvgIpc) is 3.35. The molecule has 7 nitrogen and oxygen atoms in total. The van der Waals surface area contributed by atoms with E-state index in [9.17, 15) is 4.79 Å². The summed E-state index contributed by atoms with van der Waals surface area (Å²) in [5.41, 5.74) is 4.34. The number of carbonyl (C=O) groups excluding carboxylic acids is 1. The molecule has 0 atom stereocenters. The second-order valence-electron chi connectivity index (χ2n) is 6.65. The van der Waals surface area contributed by atoms with Crippen molar-refractivity contribution in [2.45, 2.75) is 26.8 Å². The van der Waals surface area contributed by atoms with Gasteiger partial charge in [-0.1, -0.05) is 6.07 Å². The van der Waals surface area contributed by atoms with Gasteiger partial charge in [-0.3, -0.25) is 4.68 Å². The van der Waals surface area contributed by atoms with Crippen LogP contribution >= 0.6 is 0 Å². The first-order valence-electron chi connectivity index (χ1n) is 9.14. The second kappa shape index (κ2) is 7.26. The summed E-state index contributed by atoms with van der Waals surface area (Å²) in [6.45, 7) is 6.22. The monoisotopic (exact) mass is 376 g/mol. The zero-order valence-electron chi connectivity index (χ0n) is 15.9. The molecule has 0 spiro atoms. The Labute approximate surface area is 162 Å². The van der Waals surface area contributed by atoms with Crippen molar-refractivity contribution >= 4 is 17.1 Å². The highest BCUT2D eigenvalue weighted by Crippen LogP contribution is 2.28. The number of ether oxygens (including phenoxy) is 1. The summed E-state index contributed by atoms with van der Waals surface area (Å²) in [5.74, 6) is -0.0390. The molecule has 0 saturated heterocycles. The van der Waals surface area contributed by atoms with Gasteiger partial charge in [0.15, 0.2) is 5.58 Å². The Bertz CT molecular complexity index is 1140. The number of fused-ring (bicyclic) bond motifs is 1. The van der Waals surface area contributed by atoms with Gasteiger partial charge in [0.25, 0.3) is 0 Å². The fourth-order valence-corrected chi connectivity index (χ4v) is 2.88. The summed E-state index contributed by atoms with van der Waals surface area (Å²) in [6, 6.07) is 9.52. The van der Waals surface area contributed by atoms with Crippen LogP contribution in [0.15, 0.2) is 53.3 Å². The molecule has 0 radical (unpaired) electrons. The van der Waals surface area contributed by atoms with Crippen molar-refractivity contribution in [1.82, 2.24) is 19.7 Å². The first kappa shape index (κ1) is 17.9. The summed E-state index contributed by atoms with van der Waals surface area (Å²) < 4.78 is 12.8. The van der Waals surface area contributed by atoms with Gasteiger partial charge in [-0.05, 0) is 50.6 Å². The molecule has 0 saturated carbocycles. The fourth-order valence-electron chi connectivity index (χ4n) is 2.88. The summed E-state index contributed by atoms with van der Waals surface area (Å²) in [4.78, 5) is 20.5. The van der Waals surface area contributed by atoms with Crippen LogP contribution in [0.5, 0.6) is 0 Å². The van der Waals surface area contributed by atoms with Crippen LogP contribution in [-0.4, -0.2) is 32.3 Å². The molecule has 28 heavy (non-hydrogen) atoms. The van der Waals surface area contributed by atoms with E-state index in [0.717, 1.165) is 16.6 Å². The number of hydrogen-bond acceptors (Lipinski definition) is 6. The van der Waals surface area contributed by atoms with Crippen LogP contribution in [-0.2, 0) is 4.74 Å². The van der Waals surface area contributed by atoms with Crippen LogP contribution in [0.2, 0.25) is 0 Å². The molecule has 0 aliphatic heterocycles. The number of pyridine rings is 1. The Morgan fingerprint density at radius 2 is 2.04 bits per heavy atom. The molecule has 4 rings (SSSR count). The van der Waals surface area contributed by atoms with Crippen LogP contribution in [0, 0.1) is 0 Å². The molecule has 0 aliphatic rings. The lowest BCUT2D eigenvalue weighted by molar-refractivity contribution is 0.0519. The Morgan fingerprint density at radius 1 is 1.18 bits per heavy atom. The number of hydrogen-bond donors (Lipinski definition) is 0. The van der Waals surface area contributed by atoms with Crippen molar-refractivity contribution in [3.8, 4) is 22.6 Å². The van der Waals surface area contributed by atoms with Crippen molar-refractivity contribution < 1.29 is 13.9 Å². The minimum Gasteiger partial charge on any atom is -0.461 e. The normalized spacial score (nSPS) is 11.3. The lowest BCUT2D eigenvalue weighted by Crippen LogP contribution is -2.06. The van der Waals surface area contributed by atoms with E-state index >= 15 is 0 Å². The summed E-state index contributed by atoms with van der Waals surface area (Å²) in [6.07, 6.45) is 5.40. The number of carbonyl (C=O) groups is 1. The van der Waals surface area contributed by atoms with Crippen molar-refractivity contribution in [2.75, 3.05) is 6.61 Å². The topological polar surface area (TPSA) is 83.0 Å². The molecule has 7 heteroatoms. The molecule has 1 aromatic carbocycles. The molecular weight excluding hydrogens is 356 g/mol. The summed E-state index contributed by atoms with van der Waals surface area (Å²) >= 11 is 0. The highest BCUT2D eigenvalue weighted by molar-refractivity contribution is 5.89. The maximum atomic E-state index is 11.9. The van der Waals surface area contributed by atoms with Gasteiger partial charge in [-0.15, -0.1) is 0 Å². The van der Waals surface area contributed by atoms with Gasteiger partial charge in [0.1, 0.15) is 11.2 Å². The standard InChI is InChI=1S/C21H20N4O3/c1-4-27-21(26)18-10-15(7-8-22-18)20-24-17-9-14(5-6-19(17)28-20)16-11-23-25(12-16)13(2)3/h5-13H,4H2,1-3H3. The molecule has 4 aromatic rings. The summed E-state index contributed by atoms with van der Waals surface area (Å²) in [7, 11) is 0. The van der Waals surface area contributed by atoms with Crippen molar-refractivity contribution in [2.24, 2.45) is 0 Å². The molecule has 0 bridgehead atoms. The van der Waals surface area contributed by atoms with Gasteiger partial charge in [-0.25, -0.2) is 14.8 Å². The first-order chi connectivity index (χ1) is 13.5. The molecule has 0 fully saturated rings. The molecular formula is C21H20N4O3. The van der Waals surface area contributed by atoms with Crippen LogP contribution in [0.4, 0.5) is 0 Å². The van der Waals surface area contributed by atoms with Crippen LogP contribution in [0.25, 0.3) is 33.7 Å². The number of rotatable bonds is 5. The zero-order chi connectivity index (χ0) is 19.7. The van der Waals surface area contributed by atoms with Crippen LogP contribution < -0.4 is 0 Å². The Balaban J connectivity index is 1.68. The van der Waals surface area contributed by atoms with E-state index in [1.807, 2.05) is 35.3 Å². The maximum absolute atomic E-state index is 11.9. The molecule has 3 heterocycles. The smallest absolute Gasteiger partial charge is 0.356 e. The molecule has 0 amide bonds. The third-order valence-corrected chi connectivity index (χ3v) is 4.34. The van der Waals surface area contributed by atoms with Crippen molar-refractivity contribution in [1.29, 1.82) is 0 Å². The number of esters is 1. The van der Waals surface area contributed by atoms with E-state index < -0.39 is 5.97 Å². The third-order valence-electron chi connectivity index (χ3n) is 4.34. The number of nitrogens with zero attached hydrogens (tertiary/aromatic N) is 4. The number of benzene rings is 1. The number of aromatic nitrogens is 4. The Kier molecular flexibility index (Phi) is 4.65. The van der Waals surface area contributed by atoms with Crippen LogP contribution in [0.3, 0.4) is 0 Å². The third kappa shape index (κ3) is 3.38. The highest BCUT2D eigenvalue weighted by atomic mass is 16.5. The molecule has 3 aromatic heterocycles.